The molecule has 1 aliphatic rings. The van der Waals surface area contributed by atoms with Crippen molar-refractivity contribution in [1.82, 2.24) is 9.47 Å². The minimum atomic E-state index is -0.666. The van der Waals surface area contributed by atoms with E-state index in [4.69, 9.17) is 21.7 Å². The summed E-state index contributed by atoms with van der Waals surface area (Å²) in [4.78, 5) is 40.4. The van der Waals surface area contributed by atoms with Gasteiger partial charge in [0.2, 0.25) is 5.88 Å². The SMILES string of the molecule is COCCCn1c(O)c(C(=O)CCN2C(=O)/C(=C/c3ccc(OC)cc3)SC2=S)c(C)c(C#N)c1=O. The van der Waals surface area contributed by atoms with Crippen molar-refractivity contribution >= 4 is 46.1 Å². The summed E-state index contributed by atoms with van der Waals surface area (Å²) in [5.41, 5.74) is -0.0735. The van der Waals surface area contributed by atoms with Gasteiger partial charge in [0.25, 0.3) is 11.5 Å². The number of methoxy groups -OCH3 is 2. The number of rotatable bonds is 10. The Kier molecular flexibility index (Phi) is 9.03. The molecule has 1 amide bonds. The average Bonchev–Trinajstić information content (AvgIpc) is 3.12. The summed E-state index contributed by atoms with van der Waals surface area (Å²) in [5.74, 6) is -0.629. The van der Waals surface area contributed by atoms with Crippen LogP contribution in [-0.2, 0) is 16.1 Å². The summed E-state index contributed by atoms with van der Waals surface area (Å²) in [6.45, 7) is 1.86. The second kappa shape index (κ2) is 12.0. The molecule has 0 atom stereocenters. The molecule has 0 radical (unpaired) electrons. The maximum absolute atomic E-state index is 13.1. The number of ether oxygens (including phenoxy) is 2. The summed E-state index contributed by atoms with van der Waals surface area (Å²) in [5, 5.41) is 20.2. The van der Waals surface area contributed by atoms with Crippen LogP contribution in [-0.4, -0.2) is 58.0 Å². The third kappa shape index (κ3) is 5.67. The number of ketones is 1. The maximum Gasteiger partial charge on any atom is 0.271 e. The van der Waals surface area contributed by atoms with Crippen LogP contribution >= 0.6 is 24.0 Å². The number of nitriles is 1. The Balaban J connectivity index is 1.80. The van der Waals surface area contributed by atoms with Crippen LogP contribution in [0.25, 0.3) is 6.08 Å². The number of amides is 1. The zero-order valence-corrected chi connectivity index (χ0v) is 21.7. The lowest BCUT2D eigenvalue weighted by Gasteiger charge is -2.17. The first-order chi connectivity index (χ1) is 17.2. The van der Waals surface area contributed by atoms with Gasteiger partial charge in [0.15, 0.2) is 5.78 Å². The van der Waals surface area contributed by atoms with Crippen molar-refractivity contribution in [3.8, 4) is 17.7 Å². The van der Waals surface area contributed by atoms with Crippen LogP contribution in [0.1, 0.15) is 39.9 Å². The number of thiocarbonyl (C=S) groups is 1. The molecule has 2 heterocycles. The van der Waals surface area contributed by atoms with Gasteiger partial charge in [-0.25, -0.2) is 0 Å². The Labute approximate surface area is 217 Å². The molecule has 11 heteroatoms. The highest BCUT2D eigenvalue weighted by Crippen LogP contribution is 2.33. The summed E-state index contributed by atoms with van der Waals surface area (Å²) in [6, 6.07) is 9.03. The van der Waals surface area contributed by atoms with Gasteiger partial charge in [0, 0.05) is 33.2 Å². The standard InChI is InChI=1S/C25H25N3O6S2/c1-15-18(14-26)22(30)27(10-4-12-33-2)24(32)21(15)19(29)9-11-28-23(31)20(36-25(28)35)13-16-5-7-17(34-3)8-6-16/h5-8,13,32H,4,9-12H2,1-3H3/b20-13-. The van der Waals surface area contributed by atoms with Crippen LogP contribution in [0.4, 0.5) is 0 Å². The van der Waals surface area contributed by atoms with Crippen LogP contribution in [0.2, 0.25) is 0 Å². The molecule has 188 valence electrons. The van der Waals surface area contributed by atoms with E-state index in [1.54, 1.807) is 25.3 Å². The number of hydrogen-bond acceptors (Lipinski definition) is 9. The summed E-state index contributed by atoms with van der Waals surface area (Å²) in [7, 11) is 3.08. The Morgan fingerprint density at radius 3 is 2.53 bits per heavy atom. The second-order valence-electron chi connectivity index (χ2n) is 7.89. The van der Waals surface area contributed by atoms with E-state index in [0.717, 1.165) is 21.9 Å². The molecule has 9 nitrogen and oxygen atoms in total. The van der Waals surface area contributed by atoms with E-state index in [-0.39, 0.29) is 42.1 Å². The number of carbonyl (C=O) groups excluding carboxylic acids is 2. The lowest BCUT2D eigenvalue weighted by atomic mass is 9.99. The second-order valence-corrected chi connectivity index (χ2v) is 9.57. The molecule has 2 aromatic rings. The zero-order chi connectivity index (χ0) is 26.4. The Morgan fingerprint density at radius 2 is 1.92 bits per heavy atom. The van der Waals surface area contributed by atoms with Crippen LogP contribution in [0, 0.1) is 18.3 Å². The number of benzene rings is 1. The summed E-state index contributed by atoms with van der Waals surface area (Å²) in [6.07, 6.45) is 1.96. The van der Waals surface area contributed by atoms with Crippen LogP contribution < -0.4 is 10.3 Å². The smallest absolute Gasteiger partial charge is 0.271 e. The number of aromatic hydroxyl groups is 1. The Hall–Kier alpha value is -3.46. The third-order valence-electron chi connectivity index (χ3n) is 5.66. The Bertz CT molecular complexity index is 1330. The molecule has 0 saturated carbocycles. The molecule has 0 unspecified atom stereocenters. The predicted molar refractivity (Wildman–Crippen MR) is 140 cm³/mol. The molecule has 1 saturated heterocycles. The number of nitrogens with zero attached hydrogens (tertiary/aromatic N) is 3. The minimum Gasteiger partial charge on any atom is -0.497 e. The molecule has 1 fully saturated rings. The van der Waals surface area contributed by atoms with Gasteiger partial charge in [0.05, 0.1) is 17.6 Å². The van der Waals surface area contributed by atoms with E-state index in [0.29, 0.717) is 28.0 Å². The topological polar surface area (TPSA) is 122 Å². The number of hydrogen-bond donors (Lipinski definition) is 1. The van der Waals surface area contributed by atoms with E-state index in [1.165, 1.54) is 18.9 Å². The van der Waals surface area contributed by atoms with Gasteiger partial charge in [-0.3, -0.25) is 23.9 Å². The first-order valence-corrected chi connectivity index (χ1v) is 12.2. The van der Waals surface area contributed by atoms with E-state index in [2.05, 4.69) is 0 Å². The van der Waals surface area contributed by atoms with Gasteiger partial charge in [-0.15, -0.1) is 0 Å². The molecule has 1 N–H and O–H groups in total. The highest BCUT2D eigenvalue weighted by molar-refractivity contribution is 8.26. The van der Waals surface area contributed by atoms with Crippen LogP contribution in [0.3, 0.4) is 0 Å². The number of Topliss-reactive ketones (excluding diaryl/α,β-unsaturated/α-hetero) is 1. The first-order valence-electron chi connectivity index (χ1n) is 11.0. The van der Waals surface area contributed by atoms with Crippen molar-refractivity contribution in [2.45, 2.75) is 26.3 Å². The molecule has 3 rings (SSSR count). The Morgan fingerprint density at radius 1 is 1.22 bits per heavy atom. The number of carbonyl (C=O) groups is 2. The molecule has 36 heavy (non-hydrogen) atoms. The fourth-order valence-corrected chi connectivity index (χ4v) is 5.05. The normalized spacial score (nSPS) is 14.4. The molecular weight excluding hydrogens is 502 g/mol. The minimum absolute atomic E-state index is 0.00692. The number of aromatic nitrogens is 1. The fourth-order valence-electron chi connectivity index (χ4n) is 3.74. The van der Waals surface area contributed by atoms with E-state index in [1.807, 2.05) is 18.2 Å². The lowest BCUT2D eigenvalue weighted by Crippen LogP contribution is -2.31. The highest BCUT2D eigenvalue weighted by Gasteiger charge is 2.33. The van der Waals surface area contributed by atoms with Crippen LogP contribution in [0.5, 0.6) is 11.6 Å². The zero-order valence-electron chi connectivity index (χ0n) is 20.1. The van der Waals surface area contributed by atoms with Gasteiger partial charge in [0.1, 0.15) is 21.7 Å². The maximum atomic E-state index is 13.1. The lowest BCUT2D eigenvalue weighted by molar-refractivity contribution is -0.122. The fraction of sp³-hybridized carbons (Fsp3) is 0.320. The largest absolute Gasteiger partial charge is 0.497 e. The third-order valence-corrected chi connectivity index (χ3v) is 7.04. The van der Waals surface area contributed by atoms with E-state index >= 15 is 0 Å². The van der Waals surface area contributed by atoms with Crippen molar-refractivity contribution in [1.29, 1.82) is 5.26 Å². The van der Waals surface area contributed by atoms with Gasteiger partial charge in [-0.1, -0.05) is 36.1 Å². The van der Waals surface area contributed by atoms with Crippen LogP contribution in [0.15, 0.2) is 34.0 Å². The van der Waals surface area contributed by atoms with Gasteiger partial charge in [-0.05, 0) is 42.7 Å². The highest BCUT2D eigenvalue weighted by atomic mass is 32.2. The van der Waals surface area contributed by atoms with Crippen molar-refractivity contribution < 1.29 is 24.2 Å². The molecule has 0 bridgehead atoms. The summed E-state index contributed by atoms with van der Waals surface area (Å²) >= 11 is 6.49. The van der Waals surface area contributed by atoms with Crippen molar-refractivity contribution in [3.63, 3.8) is 0 Å². The molecular formula is C25H25N3O6S2. The molecule has 1 aromatic carbocycles. The summed E-state index contributed by atoms with van der Waals surface area (Å²) < 4.78 is 11.4. The number of pyridine rings is 1. The molecule has 1 aromatic heterocycles. The van der Waals surface area contributed by atoms with E-state index < -0.39 is 17.2 Å². The van der Waals surface area contributed by atoms with Gasteiger partial charge < -0.3 is 14.6 Å². The number of thioether (sulfide) groups is 1. The molecule has 0 spiro atoms. The predicted octanol–water partition coefficient (Wildman–Crippen LogP) is 3.25. The molecule has 0 aliphatic carbocycles. The monoisotopic (exact) mass is 527 g/mol. The van der Waals surface area contributed by atoms with Gasteiger partial charge >= 0.3 is 0 Å². The van der Waals surface area contributed by atoms with Crippen molar-refractivity contribution in [2.75, 3.05) is 27.4 Å². The van der Waals surface area contributed by atoms with Crippen molar-refractivity contribution in [2.24, 2.45) is 0 Å². The quantitative estimate of drug-likeness (QED) is 0.215. The van der Waals surface area contributed by atoms with Gasteiger partial charge in [-0.2, -0.15) is 5.26 Å². The average molecular weight is 528 g/mol. The van der Waals surface area contributed by atoms with Crippen molar-refractivity contribution in [3.05, 3.63) is 61.8 Å². The molecule has 1 aliphatic heterocycles. The van der Waals surface area contributed by atoms with E-state index in [9.17, 15) is 24.8 Å². The first kappa shape index (κ1) is 27.1.